The molecule has 2 aliphatic heterocycles. The Kier molecular flexibility index (Phi) is 4.33. The molecule has 5 nitrogen and oxygen atoms in total. The summed E-state index contributed by atoms with van der Waals surface area (Å²) < 4.78 is 17.1. The zero-order valence-corrected chi connectivity index (χ0v) is 13.4. The molecule has 2 fully saturated rings. The molecule has 3 rings (SSSR count). The summed E-state index contributed by atoms with van der Waals surface area (Å²) in [7, 11) is 0. The van der Waals surface area contributed by atoms with Gasteiger partial charge in [-0.15, -0.1) is 0 Å². The normalized spacial score (nSPS) is 25.8. The molecule has 5 heteroatoms. The lowest BCUT2D eigenvalue weighted by Crippen LogP contribution is -2.44. The van der Waals surface area contributed by atoms with E-state index >= 15 is 0 Å². The summed E-state index contributed by atoms with van der Waals surface area (Å²) in [4.78, 5) is 2.48. The minimum Gasteiger partial charge on any atom is -0.376 e. The molecular formula is C16H26N2O3. The third kappa shape index (κ3) is 3.15. The largest absolute Gasteiger partial charge is 0.376 e. The molecule has 0 unspecified atom stereocenters. The fourth-order valence-corrected chi connectivity index (χ4v) is 3.56. The maximum absolute atomic E-state index is 6.10. The number of likely N-dealkylation sites (tertiary alicyclic amines) is 1. The maximum atomic E-state index is 6.10. The summed E-state index contributed by atoms with van der Waals surface area (Å²) in [6.45, 7) is 10.7. The highest BCUT2D eigenvalue weighted by molar-refractivity contribution is 5.20. The number of piperidine rings is 1. The fourth-order valence-electron chi connectivity index (χ4n) is 3.56. The van der Waals surface area contributed by atoms with E-state index in [0.29, 0.717) is 6.10 Å². The van der Waals surface area contributed by atoms with Crippen LogP contribution in [0.3, 0.4) is 0 Å². The second-order valence-corrected chi connectivity index (χ2v) is 6.35. The fraction of sp³-hybridized carbons (Fsp3) is 0.812. The van der Waals surface area contributed by atoms with Crippen molar-refractivity contribution in [2.75, 3.05) is 26.3 Å². The molecular weight excluding hydrogens is 268 g/mol. The van der Waals surface area contributed by atoms with E-state index in [4.69, 9.17) is 14.0 Å². The predicted octanol–water partition coefficient (Wildman–Crippen LogP) is 2.45. The Morgan fingerprint density at radius 2 is 2.10 bits per heavy atom. The molecule has 0 N–H and O–H groups in total. The first-order valence-corrected chi connectivity index (χ1v) is 8.01. The van der Waals surface area contributed by atoms with Crippen LogP contribution in [-0.4, -0.2) is 48.1 Å². The molecule has 21 heavy (non-hydrogen) atoms. The molecule has 0 amide bonds. The van der Waals surface area contributed by atoms with Gasteiger partial charge in [0.15, 0.2) is 0 Å². The van der Waals surface area contributed by atoms with Crippen LogP contribution in [-0.2, 0) is 16.0 Å². The minimum absolute atomic E-state index is 0.0646. The number of hydrogen-bond donors (Lipinski definition) is 0. The van der Waals surface area contributed by atoms with Crippen LogP contribution in [0, 0.1) is 13.8 Å². The summed E-state index contributed by atoms with van der Waals surface area (Å²) in [5.74, 6) is 0.946. The van der Waals surface area contributed by atoms with Gasteiger partial charge < -0.3 is 14.0 Å². The van der Waals surface area contributed by atoms with E-state index in [1.807, 2.05) is 13.8 Å². The first kappa shape index (κ1) is 15.0. The van der Waals surface area contributed by atoms with Gasteiger partial charge in [-0.05, 0) is 33.6 Å². The van der Waals surface area contributed by atoms with Crippen LogP contribution in [0.1, 0.15) is 43.2 Å². The summed E-state index contributed by atoms with van der Waals surface area (Å²) in [6.07, 6.45) is 3.55. The highest BCUT2D eigenvalue weighted by Gasteiger charge is 2.43. The lowest BCUT2D eigenvalue weighted by Gasteiger charge is -2.38. The van der Waals surface area contributed by atoms with E-state index in [1.54, 1.807) is 0 Å². The molecule has 0 aliphatic carbocycles. The van der Waals surface area contributed by atoms with Crippen LogP contribution in [0.4, 0.5) is 0 Å². The van der Waals surface area contributed by atoms with Crippen molar-refractivity contribution in [1.82, 2.24) is 10.1 Å². The number of aryl methyl sites for hydroxylation is 2. The van der Waals surface area contributed by atoms with Gasteiger partial charge in [0.2, 0.25) is 0 Å². The number of ether oxygens (including phenoxy) is 2. The number of rotatable bonds is 4. The van der Waals surface area contributed by atoms with E-state index in [0.717, 1.165) is 63.6 Å². The van der Waals surface area contributed by atoms with E-state index in [9.17, 15) is 0 Å². The SMILES string of the molecule is CCO[C@H]1COC2(CCN(Cc3c(C)noc3C)CC2)C1. The molecule has 0 saturated carbocycles. The van der Waals surface area contributed by atoms with Gasteiger partial charge in [-0.1, -0.05) is 5.16 Å². The monoisotopic (exact) mass is 294 g/mol. The summed E-state index contributed by atoms with van der Waals surface area (Å²) in [5.41, 5.74) is 2.32. The van der Waals surface area contributed by atoms with Crippen molar-refractivity contribution in [1.29, 1.82) is 0 Å². The molecule has 2 aliphatic rings. The average Bonchev–Trinajstić information content (AvgIpc) is 3.00. The standard InChI is InChI=1S/C16H26N2O3/c1-4-19-14-9-16(20-11-14)5-7-18(8-6-16)10-15-12(2)17-21-13(15)3/h14H,4-11H2,1-3H3/t14-/m1/s1. The first-order chi connectivity index (χ1) is 10.1. The Morgan fingerprint density at radius 1 is 1.33 bits per heavy atom. The number of aromatic nitrogens is 1. The highest BCUT2D eigenvalue weighted by Crippen LogP contribution is 2.37. The van der Waals surface area contributed by atoms with Crippen molar-refractivity contribution in [3.8, 4) is 0 Å². The maximum Gasteiger partial charge on any atom is 0.138 e. The smallest absolute Gasteiger partial charge is 0.138 e. The molecule has 1 aromatic heterocycles. The predicted molar refractivity (Wildman–Crippen MR) is 79.2 cm³/mol. The topological polar surface area (TPSA) is 47.7 Å². The van der Waals surface area contributed by atoms with Crippen molar-refractivity contribution in [2.45, 2.75) is 58.3 Å². The highest BCUT2D eigenvalue weighted by atomic mass is 16.6. The second kappa shape index (κ2) is 6.07. The van der Waals surface area contributed by atoms with Gasteiger partial charge in [-0.2, -0.15) is 0 Å². The molecule has 0 radical (unpaired) electrons. The van der Waals surface area contributed by atoms with Crippen molar-refractivity contribution in [3.63, 3.8) is 0 Å². The van der Waals surface area contributed by atoms with Crippen molar-refractivity contribution < 1.29 is 14.0 Å². The molecule has 118 valence electrons. The van der Waals surface area contributed by atoms with Gasteiger partial charge in [0.25, 0.3) is 0 Å². The average molecular weight is 294 g/mol. The zero-order chi connectivity index (χ0) is 14.9. The summed E-state index contributed by atoms with van der Waals surface area (Å²) in [6, 6.07) is 0. The zero-order valence-electron chi connectivity index (χ0n) is 13.4. The third-order valence-corrected chi connectivity index (χ3v) is 4.91. The van der Waals surface area contributed by atoms with Gasteiger partial charge in [0.05, 0.1) is 24.0 Å². The van der Waals surface area contributed by atoms with Crippen LogP contribution in [0.2, 0.25) is 0 Å². The Bertz CT molecular complexity index is 458. The Labute approximate surface area is 126 Å². The molecule has 2 saturated heterocycles. The van der Waals surface area contributed by atoms with Crippen molar-refractivity contribution in [2.24, 2.45) is 0 Å². The lowest BCUT2D eigenvalue weighted by atomic mass is 9.88. The van der Waals surface area contributed by atoms with Gasteiger partial charge >= 0.3 is 0 Å². The Balaban J connectivity index is 1.54. The van der Waals surface area contributed by atoms with Gasteiger partial charge in [-0.25, -0.2) is 0 Å². The molecule has 0 bridgehead atoms. The van der Waals surface area contributed by atoms with Gasteiger partial charge in [0, 0.05) is 38.2 Å². The molecule has 0 aromatic carbocycles. The lowest BCUT2D eigenvalue weighted by molar-refractivity contribution is -0.0465. The van der Waals surface area contributed by atoms with Crippen LogP contribution in [0.25, 0.3) is 0 Å². The van der Waals surface area contributed by atoms with E-state index in [2.05, 4.69) is 17.0 Å². The van der Waals surface area contributed by atoms with Crippen LogP contribution < -0.4 is 0 Å². The van der Waals surface area contributed by atoms with Crippen molar-refractivity contribution in [3.05, 3.63) is 17.0 Å². The second-order valence-electron chi connectivity index (χ2n) is 6.35. The Hall–Kier alpha value is -0.910. The first-order valence-electron chi connectivity index (χ1n) is 8.01. The van der Waals surface area contributed by atoms with Gasteiger partial charge in [-0.3, -0.25) is 4.90 Å². The van der Waals surface area contributed by atoms with Crippen LogP contribution in [0.5, 0.6) is 0 Å². The van der Waals surface area contributed by atoms with E-state index in [-0.39, 0.29) is 5.60 Å². The molecule has 1 spiro atoms. The van der Waals surface area contributed by atoms with Gasteiger partial charge in [0.1, 0.15) is 5.76 Å². The molecule has 1 aromatic rings. The summed E-state index contributed by atoms with van der Waals surface area (Å²) in [5, 5.41) is 4.04. The van der Waals surface area contributed by atoms with E-state index in [1.165, 1.54) is 5.56 Å². The molecule has 3 heterocycles. The quantitative estimate of drug-likeness (QED) is 0.853. The minimum atomic E-state index is 0.0646. The van der Waals surface area contributed by atoms with Crippen LogP contribution in [0.15, 0.2) is 4.52 Å². The molecule has 1 atom stereocenters. The summed E-state index contributed by atoms with van der Waals surface area (Å²) >= 11 is 0. The third-order valence-electron chi connectivity index (χ3n) is 4.91. The van der Waals surface area contributed by atoms with Crippen LogP contribution >= 0.6 is 0 Å². The Morgan fingerprint density at radius 3 is 2.71 bits per heavy atom. The van der Waals surface area contributed by atoms with Crippen molar-refractivity contribution >= 4 is 0 Å². The van der Waals surface area contributed by atoms with E-state index < -0.39 is 0 Å². The number of nitrogens with zero attached hydrogens (tertiary/aromatic N) is 2. The number of hydrogen-bond acceptors (Lipinski definition) is 5.